The van der Waals surface area contributed by atoms with Gasteiger partial charge in [0, 0.05) is 31.1 Å². The van der Waals surface area contributed by atoms with Crippen LogP contribution in [0, 0.1) is 0 Å². The molecule has 3 N–H and O–H groups in total. The SMILES string of the molecule is CCNC(=NCc1ccc(OC(C)C)cc1)NCC1CC(=O)Nc2ccccc21. The fourth-order valence-corrected chi connectivity index (χ4v) is 3.36. The molecule has 6 nitrogen and oxygen atoms in total. The predicted molar refractivity (Wildman–Crippen MR) is 117 cm³/mol. The van der Waals surface area contributed by atoms with Crippen LogP contribution in [-0.4, -0.2) is 31.1 Å². The number of hydrogen-bond donors (Lipinski definition) is 3. The predicted octanol–water partition coefficient (Wildman–Crippen LogP) is 3.65. The maximum absolute atomic E-state index is 12.0. The first-order valence-corrected chi connectivity index (χ1v) is 10.2. The zero-order valence-corrected chi connectivity index (χ0v) is 17.4. The maximum atomic E-state index is 12.0. The number of carbonyl (C=O) groups is 1. The van der Waals surface area contributed by atoms with E-state index in [0.717, 1.165) is 35.1 Å². The summed E-state index contributed by atoms with van der Waals surface area (Å²) in [6.45, 7) is 8.06. The number of nitrogens with one attached hydrogen (secondary N) is 3. The quantitative estimate of drug-likeness (QED) is 0.495. The van der Waals surface area contributed by atoms with Crippen LogP contribution in [0.5, 0.6) is 5.75 Å². The van der Waals surface area contributed by atoms with Crippen molar-refractivity contribution in [1.82, 2.24) is 10.6 Å². The van der Waals surface area contributed by atoms with Gasteiger partial charge in [0.25, 0.3) is 0 Å². The number of benzene rings is 2. The third-order valence-corrected chi connectivity index (χ3v) is 4.68. The van der Waals surface area contributed by atoms with Crippen LogP contribution in [0.1, 0.15) is 44.2 Å². The average molecular weight is 395 g/mol. The molecule has 0 saturated carbocycles. The van der Waals surface area contributed by atoms with Crippen molar-refractivity contribution in [2.24, 2.45) is 4.99 Å². The zero-order chi connectivity index (χ0) is 20.6. The molecule has 1 aliphatic rings. The second kappa shape index (κ2) is 9.96. The number of rotatable bonds is 7. The largest absolute Gasteiger partial charge is 0.491 e. The number of aliphatic imine (C=N–C) groups is 1. The molecule has 0 aromatic heterocycles. The molecular formula is C23H30N4O2. The van der Waals surface area contributed by atoms with Gasteiger partial charge in [-0.05, 0) is 50.1 Å². The summed E-state index contributed by atoms with van der Waals surface area (Å²) < 4.78 is 5.68. The van der Waals surface area contributed by atoms with Gasteiger partial charge in [0.2, 0.25) is 5.91 Å². The smallest absolute Gasteiger partial charge is 0.225 e. The Kier molecular flexibility index (Phi) is 7.11. The number of carbonyl (C=O) groups excluding carboxylic acids is 1. The van der Waals surface area contributed by atoms with Crippen molar-refractivity contribution in [3.63, 3.8) is 0 Å². The van der Waals surface area contributed by atoms with Crippen LogP contribution in [0.15, 0.2) is 53.5 Å². The van der Waals surface area contributed by atoms with Crippen LogP contribution in [0.4, 0.5) is 5.69 Å². The van der Waals surface area contributed by atoms with Crippen molar-refractivity contribution in [3.05, 3.63) is 59.7 Å². The van der Waals surface area contributed by atoms with Crippen LogP contribution in [0.2, 0.25) is 0 Å². The molecule has 0 saturated heterocycles. The molecule has 1 unspecified atom stereocenters. The van der Waals surface area contributed by atoms with Crippen LogP contribution in [-0.2, 0) is 11.3 Å². The molecule has 1 atom stereocenters. The van der Waals surface area contributed by atoms with Gasteiger partial charge < -0.3 is 20.7 Å². The van der Waals surface area contributed by atoms with E-state index in [2.05, 4.69) is 27.0 Å². The van der Waals surface area contributed by atoms with Crippen LogP contribution in [0.3, 0.4) is 0 Å². The molecule has 0 aliphatic carbocycles. The molecule has 2 aromatic rings. The standard InChI is InChI=1S/C23H30N4O2/c1-4-24-23(25-14-17-9-11-19(12-10-17)29-16(2)3)26-15-18-13-22(28)27-21-8-6-5-7-20(18)21/h5-12,16,18H,4,13-15H2,1-3H3,(H,27,28)(H2,24,25,26). The number of ether oxygens (including phenoxy) is 1. The van der Waals surface area contributed by atoms with Gasteiger partial charge in [-0.3, -0.25) is 4.79 Å². The minimum absolute atomic E-state index is 0.0566. The number of fused-ring (bicyclic) bond motifs is 1. The summed E-state index contributed by atoms with van der Waals surface area (Å²) in [5, 5.41) is 9.62. The average Bonchev–Trinajstić information content (AvgIpc) is 2.70. The van der Waals surface area contributed by atoms with E-state index in [1.54, 1.807) is 0 Å². The monoisotopic (exact) mass is 394 g/mol. The highest BCUT2D eigenvalue weighted by Crippen LogP contribution is 2.31. The van der Waals surface area contributed by atoms with Crippen molar-refractivity contribution in [1.29, 1.82) is 0 Å². The van der Waals surface area contributed by atoms with Crippen molar-refractivity contribution in [2.45, 2.75) is 45.8 Å². The minimum Gasteiger partial charge on any atom is -0.491 e. The van der Waals surface area contributed by atoms with E-state index in [0.29, 0.717) is 19.5 Å². The van der Waals surface area contributed by atoms with Crippen molar-refractivity contribution in [2.75, 3.05) is 18.4 Å². The Morgan fingerprint density at radius 1 is 1.17 bits per heavy atom. The van der Waals surface area contributed by atoms with E-state index in [9.17, 15) is 4.79 Å². The highest BCUT2D eigenvalue weighted by Gasteiger charge is 2.24. The minimum atomic E-state index is 0.0566. The van der Waals surface area contributed by atoms with Gasteiger partial charge in [0.1, 0.15) is 5.75 Å². The Morgan fingerprint density at radius 3 is 2.66 bits per heavy atom. The lowest BCUT2D eigenvalue weighted by molar-refractivity contribution is -0.116. The molecule has 0 radical (unpaired) electrons. The third-order valence-electron chi connectivity index (χ3n) is 4.68. The topological polar surface area (TPSA) is 74.8 Å². The zero-order valence-electron chi connectivity index (χ0n) is 17.4. The van der Waals surface area contributed by atoms with E-state index in [1.165, 1.54) is 0 Å². The van der Waals surface area contributed by atoms with Gasteiger partial charge in [0.05, 0.1) is 12.6 Å². The van der Waals surface area contributed by atoms with E-state index in [-0.39, 0.29) is 17.9 Å². The summed E-state index contributed by atoms with van der Waals surface area (Å²) in [5.74, 6) is 1.79. The van der Waals surface area contributed by atoms with Crippen LogP contribution in [0.25, 0.3) is 0 Å². The maximum Gasteiger partial charge on any atom is 0.225 e. The molecule has 29 heavy (non-hydrogen) atoms. The first-order chi connectivity index (χ1) is 14.0. The fourth-order valence-electron chi connectivity index (χ4n) is 3.36. The van der Waals surface area contributed by atoms with E-state index >= 15 is 0 Å². The van der Waals surface area contributed by atoms with Gasteiger partial charge in [0.15, 0.2) is 5.96 Å². The highest BCUT2D eigenvalue weighted by molar-refractivity contribution is 5.94. The number of para-hydroxylation sites is 1. The lowest BCUT2D eigenvalue weighted by Crippen LogP contribution is -2.40. The summed E-state index contributed by atoms with van der Waals surface area (Å²) in [7, 11) is 0. The molecule has 2 aromatic carbocycles. The van der Waals surface area contributed by atoms with Crippen LogP contribution < -0.4 is 20.7 Å². The lowest BCUT2D eigenvalue weighted by Gasteiger charge is -2.26. The number of amides is 1. The molecule has 6 heteroatoms. The van der Waals surface area contributed by atoms with E-state index in [4.69, 9.17) is 4.74 Å². The molecule has 154 valence electrons. The lowest BCUT2D eigenvalue weighted by atomic mass is 9.90. The highest BCUT2D eigenvalue weighted by atomic mass is 16.5. The summed E-state index contributed by atoms with van der Waals surface area (Å²) in [5.41, 5.74) is 3.18. The Balaban J connectivity index is 1.62. The van der Waals surface area contributed by atoms with Gasteiger partial charge >= 0.3 is 0 Å². The second-order valence-corrected chi connectivity index (χ2v) is 7.42. The summed E-state index contributed by atoms with van der Waals surface area (Å²) in [6.07, 6.45) is 0.635. The van der Waals surface area contributed by atoms with Gasteiger partial charge in [-0.1, -0.05) is 30.3 Å². The number of anilines is 1. The molecular weight excluding hydrogens is 364 g/mol. The molecule has 1 amide bonds. The van der Waals surface area contributed by atoms with Gasteiger partial charge in [-0.15, -0.1) is 0 Å². The van der Waals surface area contributed by atoms with E-state index in [1.807, 2.05) is 63.2 Å². The molecule has 3 rings (SSSR count). The molecule has 1 heterocycles. The summed E-state index contributed by atoms with van der Waals surface area (Å²) in [6, 6.07) is 16.0. The second-order valence-electron chi connectivity index (χ2n) is 7.42. The molecule has 0 spiro atoms. The normalized spacial score (nSPS) is 16.2. The number of hydrogen-bond acceptors (Lipinski definition) is 3. The first-order valence-electron chi connectivity index (χ1n) is 10.2. The Labute approximate surface area is 172 Å². The molecule has 0 bridgehead atoms. The Bertz CT molecular complexity index is 846. The third kappa shape index (κ3) is 5.98. The fraction of sp³-hybridized carbons (Fsp3) is 0.391. The Hall–Kier alpha value is -3.02. The van der Waals surface area contributed by atoms with Gasteiger partial charge in [-0.2, -0.15) is 0 Å². The number of guanidine groups is 1. The van der Waals surface area contributed by atoms with E-state index < -0.39 is 0 Å². The van der Waals surface area contributed by atoms with Crippen molar-refractivity contribution >= 4 is 17.6 Å². The van der Waals surface area contributed by atoms with Gasteiger partial charge in [-0.25, -0.2) is 4.99 Å². The molecule has 0 fully saturated rings. The summed E-state index contributed by atoms with van der Waals surface area (Å²) >= 11 is 0. The first kappa shape index (κ1) is 20.7. The number of nitrogens with zero attached hydrogens (tertiary/aromatic N) is 1. The molecule has 1 aliphatic heterocycles. The van der Waals surface area contributed by atoms with Crippen molar-refractivity contribution < 1.29 is 9.53 Å². The van der Waals surface area contributed by atoms with Crippen molar-refractivity contribution in [3.8, 4) is 5.75 Å². The van der Waals surface area contributed by atoms with Crippen LogP contribution >= 0.6 is 0 Å². The Morgan fingerprint density at radius 2 is 1.93 bits per heavy atom. The summed E-state index contributed by atoms with van der Waals surface area (Å²) in [4.78, 5) is 16.7.